The van der Waals surface area contributed by atoms with Gasteiger partial charge in [-0.1, -0.05) is 76.0 Å². The lowest BCUT2D eigenvalue weighted by atomic mass is 9.93. The van der Waals surface area contributed by atoms with E-state index in [2.05, 4.69) is 56.6 Å². The van der Waals surface area contributed by atoms with Crippen LogP contribution in [-0.2, 0) is 0 Å². The van der Waals surface area contributed by atoms with Crippen molar-refractivity contribution in [2.75, 3.05) is 29.5 Å². The number of aryl methyl sites for hydroxylation is 5. The fourth-order valence-corrected chi connectivity index (χ4v) is 6.33. The number of carbonyl (C=O) groups is 1. The fourth-order valence-electron chi connectivity index (χ4n) is 5.56. The third-order valence-corrected chi connectivity index (χ3v) is 8.75. The van der Waals surface area contributed by atoms with Crippen molar-refractivity contribution in [1.29, 1.82) is 0 Å². The van der Waals surface area contributed by atoms with E-state index in [0.29, 0.717) is 10.7 Å². The number of carbonyl (C=O) groups excluding carboxylic acids is 1. The number of unbranched alkanes of at least 4 members (excludes halogenated alkanes) is 1. The molecule has 5 nitrogen and oxygen atoms in total. The van der Waals surface area contributed by atoms with Crippen molar-refractivity contribution in [3.8, 4) is 0 Å². The van der Waals surface area contributed by atoms with E-state index in [1.165, 1.54) is 59.4 Å². The molecule has 0 radical (unpaired) electrons. The minimum atomic E-state index is 0.0545. The third kappa shape index (κ3) is 9.56. The number of benzene rings is 3. The number of nitrogen functional groups attached to an aromatic ring is 2. The topological polar surface area (TPSA) is 85.2 Å². The molecule has 1 heterocycles. The standard InChI is InChI=1S/C18H32N2.C17H16N2OS.C2H6/c1-6-9-10-16(7-2)13-20(8-3)18-12-14(4)17(19)11-15(18)5;1-9-6-10(2)15(11(3)7-9)16(20)12-4-5-13-14(8-12)21-17(18)19-13;1-2/h11-12,16H,6-10,13,19H2,1-5H3;4-8H,1-3H3,(H2,18,19);1-2H3. The predicted molar refractivity (Wildman–Crippen MR) is 191 cm³/mol. The van der Waals surface area contributed by atoms with E-state index in [0.717, 1.165) is 51.6 Å². The summed E-state index contributed by atoms with van der Waals surface area (Å²) in [7, 11) is 0. The molecule has 234 valence electrons. The van der Waals surface area contributed by atoms with Crippen molar-refractivity contribution in [2.24, 2.45) is 5.92 Å². The van der Waals surface area contributed by atoms with Crippen LogP contribution < -0.4 is 16.4 Å². The number of anilines is 3. The smallest absolute Gasteiger partial charge is 0.193 e. The van der Waals surface area contributed by atoms with Crippen LogP contribution in [0.4, 0.5) is 16.5 Å². The molecule has 1 unspecified atom stereocenters. The van der Waals surface area contributed by atoms with E-state index >= 15 is 0 Å². The van der Waals surface area contributed by atoms with Crippen LogP contribution in [-0.4, -0.2) is 23.9 Å². The van der Waals surface area contributed by atoms with Crippen LogP contribution in [0.1, 0.15) is 104 Å². The highest BCUT2D eigenvalue weighted by Gasteiger charge is 2.17. The summed E-state index contributed by atoms with van der Waals surface area (Å²) >= 11 is 1.40. The second kappa shape index (κ2) is 17.0. The molecule has 4 N–H and O–H groups in total. The van der Waals surface area contributed by atoms with Gasteiger partial charge in [0.2, 0.25) is 0 Å². The predicted octanol–water partition coefficient (Wildman–Crippen LogP) is 9.99. The van der Waals surface area contributed by atoms with Crippen molar-refractivity contribution in [2.45, 2.75) is 94.9 Å². The minimum Gasteiger partial charge on any atom is -0.399 e. The maximum Gasteiger partial charge on any atom is 0.193 e. The van der Waals surface area contributed by atoms with Gasteiger partial charge in [-0.3, -0.25) is 4.79 Å². The molecule has 0 spiro atoms. The van der Waals surface area contributed by atoms with Gasteiger partial charge in [0.05, 0.1) is 10.2 Å². The SMILES string of the molecule is CC.CCCCC(CC)CN(CC)c1cc(C)c(N)cc1C.Cc1cc(C)c(C(=O)c2ccc3nc(N)sc3c2)c(C)c1. The van der Waals surface area contributed by atoms with Crippen LogP contribution in [0.5, 0.6) is 0 Å². The molecular formula is C37H54N4OS. The van der Waals surface area contributed by atoms with Gasteiger partial charge in [0.1, 0.15) is 0 Å². The summed E-state index contributed by atoms with van der Waals surface area (Å²) in [5.74, 6) is 0.853. The van der Waals surface area contributed by atoms with Crippen LogP contribution in [0.25, 0.3) is 10.2 Å². The van der Waals surface area contributed by atoms with E-state index < -0.39 is 0 Å². The molecule has 4 rings (SSSR count). The average Bonchev–Trinajstić information content (AvgIpc) is 3.35. The Bertz CT molecular complexity index is 1470. The molecule has 0 saturated heterocycles. The molecule has 0 bridgehead atoms. The molecule has 0 aliphatic heterocycles. The molecule has 4 aromatic rings. The van der Waals surface area contributed by atoms with Gasteiger partial charge in [-0.15, -0.1) is 0 Å². The lowest BCUT2D eigenvalue weighted by molar-refractivity contribution is 0.103. The first-order valence-electron chi connectivity index (χ1n) is 15.9. The Kier molecular flexibility index (Phi) is 14.2. The Balaban J connectivity index is 0.000000284. The highest BCUT2D eigenvalue weighted by atomic mass is 32.1. The third-order valence-electron chi connectivity index (χ3n) is 7.90. The van der Waals surface area contributed by atoms with Crippen LogP contribution in [0.2, 0.25) is 0 Å². The number of nitrogens with zero attached hydrogens (tertiary/aromatic N) is 2. The van der Waals surface area contributed by atoms with E-state index in [1.54, 1.807) is 0 Å². The van der Waals surface area contributed by atoms with Gasteiger partial charge in [-0.25, -0.2) is 4.98 Å². The molecule has 0 amide bonds. The van der Waals surface area contributed by atoms with Crippen LogP contribution in [0.15, 0.2) is 42.5 Å². The molecule has 1 atom stereocenters. The van der Waals surface area contributed by atoms with Crippen molar-refractivity contribution in [3.05, 3.63) is 81.4 Å². The Morgan fingerprint density at radius 1 is 0.884 bits per heavy atom. The summed E-state index contributed by atoms with van der Waals surface area (Å²) in [6.45, 7) is 23.3. The van der Waals surface area contributed by atoms with Gasteiger partial charge in [-0.2, -0.15) is 0 Å². The maximum absolute atomic E-state index is 12.8. The highest BCUT2D eigenvalue weighted by Crippen LogP contribution is 2.29. The van der Waals surface area contributed by atoms with Gasteiger partial charge in [0, 0.05) is 35.6 Å². The Hall–Kier alpha value is -3.38. The molecule has 0 aliphatic carbocycles. The van der Waals surface area contributed by atoms with E-state index in [4.69, 9.17) is 11.5 Å². The quantitative estimate of drug-likeness (QED) is 0.139. The Labute approximate surface area is 264 Å². The summed E-state index contributed by atoms with van der Waals surface area (Å²) in [5, 5.41) is 0.525. The molecule has 0 aliphatic rings. The second-order valence-electron chi connectivity index (χ2n) is 11.3. The van der Waals surface area contributed by atoms with Crippen molar-refractivity contribution in [1.82, 2.24) is 4.98 Å². The fraction of sp³-hybridized carbons (Fsp3) is 0.459. The average molecular weight is 603 g/mol. The number of thiazole rings is 1. The summed E-state index contributed by atoms with van der Waals surface area (Å²) in [4.78, 5) is 19.5. The first kappa shape index (κ1) is 35.8. The van der Waals surface area contributed by atoms with E-state index in [-0.39, 0.29) is 5.78 Å². The zero-order valence-corrected chi connectivity index (χ0v) is 29.0. The van der Waals surface area contributed by atoms with E-state index in [9.17, 15) is 4.79 Å². The van der Waals surface area contributed by atoms with Gasteiger partial charge >= 0.3 is 0 Å². The summed E-state index contributed by atoms with van der Waals surface area (Å²) < 4.78 is 0.945. The molecular weight excluding hydrogens is 549 g/mol. The van der Waals surface area contributed by atoms with Gasteiger partial charge < -0.3 is 16.4 Å². The van der Waals surface area contributed by atoms with Crippen LogP contribution in [0, 0.1) is 40.5 Å². The Morgan fingerprint density at radius 2 is 1.53 bits per heavy atom. The number of ketones is 1. The number of fused-ring (bicyclic) bond motifs is 1. The van der Waals surface area contributed by atoms with Gasteiger partial charge in [0.25, 0.3) is 0 Å². The molecule has 1 aromatic heterocycles. The van der Waals surface area contributed by atoms with Crippen LogP contribution in [0.3, 0.4) is 0 Å². The molecule has 6 heteroatoms. The molecule has 0 saturated carbocycles. The highest BCUT2D eigenvalue weighted by molar-refractivity contribution is 7.22. The maximum atomic E-state index is 12.8. The lowest BCUT2D eigenvalue weighted by Gasteiger charge is -2.30. The number of hydrogen-bond acceptors (Lipinski definition) is 6. The summed E-state index contributed by atoms with van der Waals surface area (Å²) in [6, 6.07) is 14.0. The van der Waals surface area contributed by atoms with Gasteiger partial charge in [-0.05, 0) is 106 Å². The van der Waals surface area contributed by atoms with Crippen molar-refractivity contribution >= 4 is 43.8 Å². The normalized spacial score (nSPS) is 11.3. The van der Waals surface area contributed by atoms with Crippen molar-refractivity contribution < 1.29 is 4.79 Å². The van der Waals surface area contributed by atoms with Crippen LogP contribution >= 0.6 is 11.3 Å². The molecule has 3 aromatic carbocycles. The Morgan fingerprint density at radius 3 is 2.12 bits per heavy atom. The summed E-state index contributed by atoms with van der Waals surface area (Å²) in [5.41, 5.74) is 22.0. The second-order valence-corrected chi connectivity index (χ2v) is 12.4. The molecule has 0 fully saturated rings. The monoisotopic (exact) mass is 602 g/mol. The van der Waals surface area contributed by atoms with E-state index in [1.807, 2.05) is 65.0 Å². The number of aromatic nitrogens is 1. The van der Waals surface area contributed by atoms with Gasteiger partial charge in [0.15, 0.2) is 10.9 Å². The zero-order valence-electron chi connectivity index (χ0n) is 28.2. The number of nitrogens with two attached hydrogens (primary N) is 2. The minimum absolute atomic E-state index is 0.0545. The first-order chi connectivity index (χ1) is 20.5. The largest absolute Gasteiger partial charge is 0.399 e. The zero-order chi connectivity index (χ0) is 32.3. The number of hydrogen-bond donors (Lipinski definition) is 2. The summed E-state index contributed by atoms with van der Waals surface area (Å²) in [6.07, 6.45) is 5.25. The number of rotatable bonds is 10. The lowest BCUT2D eigenvalue weighted by Crippen LogP contribution is -2.30. The first-order valence-corrected chi connectivity index (χ1v) is 16.7. The van der Waals surface area contributed by atoms with Crippen molar-refractivity contribution in [3.63, 3.8) is 0 Å². The molecule has 43 heavy (non-hydrogen) atoms.